The van der Waals surface area contributed by atoms with Gasteiger partial charge in [0.1, 0.15) is 0 Å². The summed E-state index contributed by atoms with van der Waals surface area (Å²) in [5.41, 5.74) is 1.97. The molecule has 0 fully saturated rings. The molecule has 0 radical (unpaired) electrons. The topological polar surface area (TPSA) is 38.3 Å². The van der Waals surface area contributed by atoms with Gasteiger partial charge in [-0.25, -0.2) is 4.79 Å². The second-order valence-corrected chi connectivity index (χ2v) is 4.31. The van der Waals surface area contributed by atoms with Crippen molar-refractivity contribution in [1.82, 2.24) is 5.32 Å². The van der Waals surface area contributed by atoms with Crippen molar-refractivity contribution in [1.29, 1.82) is 0 Å². The van der Waals surface area contributed by atoms with Crippen LogP contribution in [0, 0.1) is 5.92 Å². The van der Waals surface area contributed by atoms with Crippen LogP contribution in [0.5, 0.6) is 0 Å². The van der Waals surface area contributed by atoms with E-state index in [1.54, 1.807) is 0 Å². The van der Waals surface area contributed by atoms with Crippen LogP contribution >= 0.6 is 0 Å². The first-order valence-corrected chi connectivity index (χ1v) is 5.79. The van der Waals surface area contributed by atoms with E-state index in [0.29, 0.717) is 12.1 Å². The molecule has 1 aliphatic heterocycles. The molecule has 0 aromatic heterocycles. The molecule has 1 aliphatic rings. The molecule has 0 aliphatic carbocycles. The highest BCUT2D eigenvalue weighted by Crippen LogP contribution is 2.27. The molecule has 3 heteroatoms. The molecule has 0 saturated carbocycles. The third-order valence-corrected chi connectivity index (χ3v) is 3.11. The summed E-state index contributed by atoms with van der Waals surface area (Å²) >= 11 is 0. The number of ether oxygens (including phenoxy) is 1. The van der Waals surface area contributed by atoms with Crippen molar-refractivity contribution in [3.63, 3.8) is 0 Å². The van der Waals surface area contributed by atoms with Gasteiger partial charge in [-0.15, -0.1) is 0 Å². The van der Waals surface area contributed by atoms with Gasteiger partial charge in [-0.1, -0.05) is 43.3 Å². The minimum absolute atomic E-state index is 0.240. The van der Waals surface area contributed by atoms with E-state index < -0.39 is 0 Å². The summed E-state index contributed by atoms with van der Waals surface area (Å²) < 4.78 is 4.73. The van der Waals surface area contributed by atoms with Gasteiger partial charge in [-0.3, -0.25) is 0 Å². The lowest BCUT2D eigenvalue weighted by atomic mass is 9.89. The first-order valence-electron chi connectivity index (χ1n) is 5.79. The van der Waals surface area contributed by atoms with Crippen molar-refractivity contribution in [2.45, 2.75) is 13.0 Å². The molecule has 1 N–H and O–H groups in total. The molecule has 0 saturated heterocycles. The zero-order valence-corrected chi connectivity index (χ0v) is 10.1. The Balaban J connectivity index is 2.16. The van der Waals surface area contributed by atoms with E-state index in [-0.39, 0.29) is 17.9 Å². The van der Waals surface area contributed by atoms with Gasteiger partial charge >= 0.3 is 5.97 Å². The fourth-order valence-corrected chi connectivity index (χ4v) is 2.23. The largest absolute Gasteiger partial charge is 0.466 e. The third kappa shape index (κ3) is 2.56. The van der Waals surface area contributed by atoms with Gasteiger partial charge in [0.05, 0.1) is 7.11 Å². The maximum absolute atomic E-state index is 11.4. The van der Waals surface area contributed by atoms with Crippen molar-refractivity contribution in [2.75, 3.05) is 13.7 Å². The summed E-state index contributed by atoms with van der Waals surface area (Å²) in [6, 6.07) is 10.5. The van der Waals surface area contributed by atoms with Crippen LogP contribution in [0.15, 0.2) is 42.0 Å². The average Bonchev–Trinajstić information content (AvgIpc) is 2.38. The number of hydrogen-bond donors (Lipinski definition) is 1. The van der Waals surface area contributed by atoms with Crippen LogP contribution in [0.4, 0.5) is 0 Å². The van der Waals surface area contributed by atoms with Gasteiger partial charge < -0.3 is 10.1 Å². The monoisotopic (exact) mass is 231 g/mol. The number of rotatable bonds is 2. The van der Waals surface area contributed by atoms with Gasteiger partial charge in [-0.2, -0.15) is 0 Å². The van der Waals surface area contributed by atoms with Crippen molar-refractivity contribution < 1.29 is 9.53 Å². The minimum Gasteiger partial charge on any atom is -0.466 e. The summed E-state index contributed by atoms with van der Waals surface area (Å²) in [7, 11) is 1.41. The van der Waals surface area contributed by atoms with E-state index in [0.717, 1.165) is 0 Å². The Morgan fingerprint density at radius 3 is 2.65 bits per heavy atom. The Morgan fingerprint density at radius 2 is 2.06 bits per heavy atom. The van der Waals surface area contributed by atoms with Gasteiger partial charge in [-0.05, 0) is 11.5 Å². The van der Waals surface area contributed by atoms with E-state index in [1.165, 1.54) is 12.7 Å². The Bertz CT molecular complexity index is 425. The fraction of sp³-hybridized carbons (Fsp3) is 0.357. The lowest BCUT2D eigenvalue weighted by Gasteiger charge is -2.28. The smallest absolute Gasteiger partial charge is 0.334 e. The molecule has 3 nitrogen and oxygen atoms in total. The van der Waals surface area contributed by atoms with E-state index in [1.807, 2.05) is 24.3 Å². The number of carbonyl (C=O) groups excluding carboxylic acids is 1. The van der Waals surface area contributed by atoms with Gasteiger partial charge in [0.25, 0.3) is 0 Å². The van der Waals surface area contributed by atoms with Crippen LogP contribution in [0.1, 0.15) is 18.5 Å². The van der Waals surface area contributed by atoms with Crippen molar-refractivity contribution in [2.24, 2.45) is 5.92 Å². The Kier molecular flexibility index (Phi) is 3.59. The maximum Gasteiger partial charge on any atom is 0.334 e. The quantitative estimate of drug-likeness (QED) is 0.792. The van der Waals surface area contributed by atoms with E-state index in [2.05, 4.69) is 24.4 Å². The Labute approximate surface area is 101 Å². The lowest BCUT2D eigenvalue weighted by molar-refractivity contribution is -0.136. The zero-order valence-electron chi connectivity index (χ0n) is 10.1. The third-order valence-electron chi connectivity index (χ3n) is 3.11. The molecule has 2 unspecified atom stereocenters. The summed E-state index contributed by atoms with van der Waals surface area (Å²) in [5, 5.41) is 3.38. The summed E-state index contributed by atoms with van der Waals surface area (Å²) in [4.78, 5) is 11.4. The van der Waals surface area contributed by atoms with Gasteiger partial charge in [0.15, 0.2) is 0 Å². The highest BCUT2D eigenvalue weighted by Gasteiger charge is 2.24. The zero-order chi connectivity index (χ0) is 12.3. The standard InChI is InChI=1S/C14H17NO2/c1-10-8-12(14(16)17-2)9-15-13(10)11-6-4-3-5-7-11/h3-8,10,13,15H,9H2,1-2H3. The highest BCUT2D eigenvalue weighted by molar-refractivity contribution is 5.89. The normalized spacial score (nSPS) is 24.0. The van der Waals surface area contributed by atoms with Crippen LogP contribution in [0.3, 0.4) is 0 Å². The Morgan fingerprint density at radius 1 is 1.35 bits per heavy atom. The Hall–Kier alpha value is -1.61. The minimum atomic E-state index is -0.240. The molecule has 1 heterocycles. The van der Waals surface area contributed by atoms with Crippen LogP contribution in [-0.2, 0) is 9.53 Å². The first-order chi connectivity index (χ1) is 8.22. The van der Waals surface area contributed by atoms with Gasteiger partial charge in [0.2, 0.25) is 0 Å². The van der Waals surface area contributed by atoms with Crippen LogP contribution in [0.2, 0.25) is 0 Å². The SMILES string of the molecule is COC(=O)C1=CC(C)C(c2ccccc2)NC1. The highest BCUT2D eigenvalue weighted by atomic mass is 16.5. The number of hydrogen-bond acceptors (Lipinski definition) is 3. The molecule has 2 atom stereocenters. The predicted octanol–water partition coefficient (Wildman–Crippen LogP) is 2.07. The molecule has 0 amide bonds. The molecular formula is C14H17NO2. The predicted molar refractivity (Wildman–Crippen MR) is 66.4 cm³/mol. The number of esters is 1. The second kappa shape index (κ2) is 5.15. The molecule has 1 aromatic rings. The molecule has 0 spiro atoms. The number of methoxy groups -OCH3 is 1. The number of carbonyl (C=O) groups is 1. The van der Waals surface area contributed by atoms with Crippen LogP contribution in [-0.4, -0.2) is 19.6 Å². The summed E-state index contributed by atoms with van der Waals surface area (Å²) in [6.45, 7) is 2.67. The molecular weight excluding hydrogens is 214 g/mol. The molecule has 2 rings (SSSR count). The van der Waals surface area contributed by atoms with E-state index >= 15 is 0 Å². The second-order valence-electron chi connectivity index (χ2n) is 4.31. The summed E-state index contributed by atoms with van der Waals surface area (Å²) in [5.74, 6) is 0.0381. The molecule has 1 aromatic carbocycles. The number of benzene rings is 1. The average molecular weight is 231 g/mol. The number of nitrogens with one attached hydrogen (secondary N) is 1. The van der Waals surface area contributed by atoms with E-state index in [4.69, 9.17) is 4.74 Å². The molecule has 90 valence electrons. The van der Waals surface area contributed by atoms with Crippen molar-refractivity contribution in [3.05, 3.63) is 47.5 Å². The maximum atomic E-state index is 11.4. The fourth-order valence-electron chi connectivity index (χ4n) is 2.23. The molecule has 17 heavy (non-hydrogen) atoms. The summed E-state index contributed by atoms with van der Waals surface area (Å²) in [6.07, 6.45) is 2.00. The van der Waals surface area contributed by atoms with Crippen molar-refractivity contribution >= 4 is 5.97 Å². The first kappa shape index (κ1) is 11.9. The van der Waals surface area contributed by atoms with Crippen LogP contribution in [0.25, 0.3) is 0 Å². The van der Waals surface area contributed by atoms with Crippen LogP contribution < -0.4 is 5.32 Å². The lowest BCUT2D eigenvalue weighted by Crippen LogP contribution is -2.34. The van der Waals surface area contributed by atoms with E-state index in [9.17, 15) is 4.79 Å². The molecule has 0 bridgehead atoms. The van der Waals surface area contributed by atoms with Crippen molar-refractivity contribution in [3.8, 4) is 0 Å². The van der Waals surface area contributed by atoms with Gasteiger partial charge in [0, 0.05) is 18.2 Å².